The fraction of sp³-hybridized carbons (Fsp3) is 0.500. The van der Waals surface area contributed by atoms with E-state index in [1.807, 2.05) is 12.1 Å². The molecule has 4 aliphatic rings. The van der Waals surface area contributed by atoms with Crippen LogP contribution in [0.3, 0.4) is 0 Å². The molecule has 36 heavy (non-hydrogen) atoms. The van der Waals surface area contributed by atoms with Gasteiger partial charge in [0.25, 0.3) is 5.91 Å². The molecular weight excluding hydrogens is 502 g/mol. The number of fused-ring (bicyclic) bond motifs is 3. The monoisotopic (exact) mass is 532 g/mol. The number of benzene rings is 2. The Morgan fingerprint density at radius 1 is 0.972 bits per heavy atom. The minimum atomic E-state index is -0.581. The molecule has 4 fully saturated rings. The van der Waals surface area contributed by atoms with Crippen LogP contribution in [0, 0.1) is 11.2 Å². The first kappa shape index (κ1) is 25.3. The summed E-state index contributed by atoms with van der Waals surface area (Å²) in [7, 11) is 0. The Hall–Kier alpha value is -2.31. The summed E-state index contributed by atoms with van der Waals surface area (Å²) in [6.45, 7) is 1.40. The number of likely N-dealkylation sites (tertiary alicyclic amines) is 1. The van der Waals surface area contributed by atoms with Crippen molar-refractivity contribution in [2.24, 2.45) is 5.41 Å². The second-order valence-corrected chi connectivity index (χ2v) is 11.4. The number of piperidine rings is 1. The normalized spacial score (nSPS) is 26.0. The van der Waals surface area contributed by atoms with Crippen LogP contribution in [0.5, 0.6) is 5.75 Å². The lowest BCUT2D eigenvalue weighted by Gasteiger charge is -2.54. The van der Waals surface area contributed by atoms with E-state index in [9.17, 15) is 14.0 Å². The highest BCUT2D eigenvalue weighted by Gasteiger charge is 2.54. The molecule has 2 aromatic rings. The van der Waals surface area contributed by atoms with Crippen LogP contribution < -0.4 is 10.1 Å². The van der Waals surface area contributed by atoms with E-state index >= 15 is 0 Å². The van der Waals surface area contributed by atoms with Gasteiger partial charge < -0.3 is 15.0 Å². The Kier molecular flexibility index (Phi) is 7.19. The summed E-state index contributed by atoms with van der Waals surface area (Å²) < 4.78 is 19.0. The molecule has 1 saturated heterocycles. The van der Waals surface area contributed by atoms with Crippen molar-refractivity contribution in [1.29, 1.82) is 0 Å². The molecule has 0 aromatic heterocycles. The lowest BCUT2D eigenvalue weighted by Crippen LogP contribution is -2.61. The van der Waals surface area contributed by atoms with Crippen molar-refractivity contribution >= 4 is 35.0 Å². The Morgan fingerprint density at radius 3 is 2.22 bits per heavy atom. The quantitative estimate of drug-likeness (QED) is 0.486. The summed E-state index contributed by atoms with van der Waals surface area (Å²) in [5.74, 6) is 0.223. The van der Waals surface area contributed by atoms with Crippen molar-refractivity contribution in [2.45, 2.75) is 62.8 Å². The van der Waals surface area contributed by atoms with Crippen molar-refractivity contribution in [3.05, 3.63) is 63.9 Å². The minimum Gasteiger partial charge on any atom is -0.484 e. The van der Waals surface area contributed by atoms with Gasteiger partial charge in [-0.1, -0.05) is 35.3 Å². The number of hydrogen-bond acceptors (Lipinski definition) is 3. The average molecular weight is 533 g/mol. The van der Waals surface area contributed by atoms with Gasteiger partial charge in [-0.3, -0.25) is 9.59 Å². The van der Waals surface area contributed by atoms with E-state index < -0.39 is 5.82 Å². The summed E-state index contributed by atoms with van der Waals surface area (Å²) in [5.41, 5.74) is 0.720. The summed E-state index contributed by atoms with van der Waals surface area (Å²) in [5, 5.41) is 3.92. The third-order valence-electron chi connectivity index (χ3n) is 8.49. The van der Waals surface area contributed by atoms with Gasteiger partial charge in [-0.05, 0) is 87.1 Å². The van der Waals surface area contributed by atoms with E-state index in [-0.39, 0.29) is 34.2 Å². The van der Waals surface area contributed by atoms with Crippen LogP contribution in [0.1, 0.15) is 62.8 Å². The number of nitrogens with zero attached hydrogens (tertiary/aromatic N) is 1. The van der Waals surface area contributed by atoms with Crippen LogP contribution in [0.25, 0.3) is 0 Å². The van der Waals surface area contributed by atoms with Crippen LogP contribution in [-0.2, 0) is 9.59 Å². The van der Waals surface area contributed by atoms with Crippen molar-refractivity contribution in [3.8, 4) is 5.75 Å². The topological polar surface area (TPSA) is 58.6 Å². The van der Waals surface area contributed by atoms with E-state index in [2.05, 4.69) is 22.3 Å². The Balaban J connectivity index is 1.11. The van der Waals surface area contributed by atoms with Gasteiger partial charge in [-0.25, -0.2) is 4.39 Å². The van der Waals surface area contributed by atoms with Crippen LogP contribution in [0.2, 0.25) is 10.0 Å². The molecule has 3 aliphatic carbocycles. The molecule has 2 aromatic carbocycles. The Bertz CT molecular complexity index is 1110. The van der Waals surface area contributed by atoms with Crippen molar-refractivity contribution in [2.75, 3.05) is 19.7 Å². The molecule has 1 N–H and O–H groups in total. The third kappa shape index (κ3) is 5.21. The zero-order valence-electron chi connectivity index (χ0n) is 20.2. The first-order valence-corrected chi connectivity index (χ1v) is 13.5. The SMILES string of the molecule is O=C(COc1ccc(Cl)c(F)c1)NC12CCC(C(=O)N3CCC(c4ccc(Cl)cc4)CC3)(CC1)CC2. The molecule has 0 unspecified atom stereocenters. The van der Waals surface area contributed by atoms with Gasteiger partial charge in [0.2, 0.25) is 5.91 Å². The lowest BCUT2D eigenvalue weighted by atomic mass is 9.56. The van der Waals surface area contributed by atoms with Gasteiger partial charge >= 0.3 is 0 Å². The van der Waals surface area contributed by atoms with Gasteiger partial charge in [-0.2, -0.15) is 0 Å². The molecule has 3 saturated carbocycles. The number of rotatable bonds is 6. The number of carbonyl (C=O) groups is 2. The van der Waals surface area contributed by atoms with Gasteiger partial charge in [0.1, 0.15) is 11.6 Å². The first-order chi connectivity index (χ1) is 17.3. The lowest BCUT2D eigenvalue weighted by molar-refractivity contribution is -0.151. The summed E-state index contributed by atoms with van der Waals surface area (Å²) in [4.78, 5) is 28.3. The van der Waals surface area contributed by atoms with Crippen molar-refractivity contribution < 1.29 is 18.7 Å². The Morgan fingerprint density at radius 2 is 1.61 bits per heavy atom. The van der Waals surface area contributed by atoms with Crippen LogP contribution in [0.15, 0.2) is 42.5 Å². The molecule has 6 rings (SSSR count). The minimum absolute atomic E-state index is 0.0130. The second-order valence-electron chi connectivity index (χ2n) is 10.6. The summed E-state index contributed by atoms with van der Waals surface area (Å²) in [6.07, 6.45) is 6.72. The maximum Gasteiger partial charge on any atom is 0.258 e. The first-order valence-electron chi connectivity index (χ1n) is 12.7. The molecule has 0 atom stereocenters. The number of carbonyl (C=O) groups excluding carboxylic acids is 2. The molecule has 5 nitrogen and oxygen atoms in total. The fourth-order valence-electron chi connectivity index (χ4n) is 6.23. The van der Waals surface area contributed by atoms with E-state index in [1.165, 1.54) is 23.8 Å². The number of halogens is 3. The summed E-state index contributed by atoms with van der Waals surface area (Å²) in [6, 6.07) is 12.2. The van der Waals surface area contributed by atoms with Crippen molar-refractivity contribution in [1.82, 2.24) is 10.2 Å². The fourth-order valence-corrected chi connectivity index (χ4v) is 6.47. The largest absolute Gasteiger partial charge is 0.484 e. The van der Waals surface area contributed by atoms with E-state index in [1.54, 1.807) is 0 Å². The van der Waals surface area contributed by atoms with Gasteiger partial charge in [0.05, 0.1) is 5.02 Å². The zero-order chi connectivity index (χ0) is 25.3. The molecule has 1 aliphatic heterocycles. The maximum atomic E-state index is 13.6. The van der Waals surface area contributed by atoms with E-state index in [0.29, 0.717) is 11.8 Å². The predicted molar refractivity (Wildman–Crippen MR) is 138 cm³/mol. The highest BCUT2D eigenvalue weighted by molar-refractivity contribution is 6.30. The van der Waals surface area contributed by atoms with Crippen molar-refractivity contribution in [3.63, 3.8) is 0 Å². The molecule has 0 radical (unpaired) electrons. The number of hydrogen-bond donors (Lipinski definition) is 1. The summed E-state index contributed by atoms with van der Waals surface area (Å²) >= 11 is 11.7. The molecule has 0 spiro atoms. The van der Waals surface area contributed by atoms with Gasteiger partial charge in [0, 0.05) is 35.1 Å². The predicted octanol–water partition coefficient (Wildman–Crippen LogP) is 6.13. The third-order valence-corrected chi connectivity index (χ3v) is 9.05. The molecule has 192 valence electrons. The highest BCUT2D eigenvalue weighted by atomic mass is 35.5. The Labute approximate surface area is 221 Å². The smallest absolute Gasteiger partial charge is 0.258 e. The number of nitrogens with one attached hydrogen (secondary N) is 1. The molecule has 2 bridgehead atoms. The van der Waals surface area contributed by atoms with E-state index in [0.717, 1.165) is 69.5 Å². The van der Waals surface area contributed by atoms with Crippen LogP contribution >= 0.6 is 23.2 Å². The molecule has 1 heterocycles. The number of ether oxygens (including phenoxy) is 1. The second kappa shape index (κ2) is 10.2. The zero-order valence-corrected chi connectivity index (χ0v) is 21.7. The average Bonchev–Trinajstić information content (AvgIpc) is 2.90. The standard InChI is InChI=1S/C28H31Cl2FN2O3/c29-21-3-1-19(2-4-21)20-7-15-33(16-8-20)26(35)27-9-12-28(13-10-27,14-11-27)32-25(34)18-36-22-5-6-23(30)24(31)17-22/h1-6,17,20H,7-16,18H2,(H,32,34). The van der Waals surface area contributed by atoms with Crippen LogP contribution in [-0.4, -0.2) is 41.9 Å². The maximum absolute atomic E-state index is 13.6. The van der Waals surface area contributed by atoms with Crippen LogP contribution in [0.4, 0.5) is 4.39 Å². The van der Waals surface area contributed by atoms with E-state index in [4.69, 9.17) is 27.9 Å². The van der Waals surface area contributed by atoms with Gasteiger partial charge in [-0.15, -0.1) is 0 Å². The molecular formula is C28H31Cl2FN2O3. The van der Waals surface area contributed by atoms with Gasteiger partial charge in [0.15, 0.2) is 6.61 Å². The number of amides is 2. The highest BCUT2D eigenvalue weighted by Crippen LogP contribution is 2.53. The molecule has 2 amide bonds. The molecule has 8 heteroatoms.